The van der Waals surface area contributed by atoms with Crippen LogP contribution in [0.1, 0.15) is 5.56 Å². The number of nitrogens with zero attached hydrogens (tertiary/aromatic N) is 6. The van der Waals surface area contributed by atoms with E-state index in [9.17, 15) is 5.26 Å². The number of furan rings is 1. The third-order valence-electron chi connectivity index (χ3n) is 15.2. The molecule has 0 bridgehead atoms. The second-order valence-electron chi connectivity index (χ2n) is 18.9. The van der Waals surface area contributed by atoms with Crippen molar-refractivity contribution >= 4 is 109 Å². The van der Waals surface area contributed by atoms with E-state index in [1.54, 1.807) is 0 Å². The summed E-state index contributed by atoms with van der Waals surface area (Å²) in [5.74, 6) is 0. The summed E-state index contributed by atoms with van der Waals surface area (Å²) in [6.07, 6.45) is 1.82. The second kappa shape index (κ2) is 14.9. The van der Waals surface area contributed by atoms with Crippen LogP contribution >= 0.6 is 0 Å². The summed E-state index contributed by atoms with van der Waals surface area (Å²) in [7, 11) is 0. The molecule has 338 valence electrons. The number of hydrogen-bond donors (Lipinski definition) is 0. The van der Waals surface area contributed by atoms with Gasteiger partial charge >= 0.3 is 0 Å². The number of pyridine rings is 1. The van der Waals surface area contributed by atoms with E-state index in [1.807, 2.05) is 18.3 Å². The SMILES string of the molecule is N#Cc1c(-n2c3ccccc3c3ccccc32)c(-n2c3ccccc3c3ccccc32)c(-c2ccc3c(c2)oc2cccnc23)c(-n2c3ccccc3c3ccccc32)c1-n1c2ccccc2c2ccccc21. The van der Waals surface area contributed by atoms with Crippen molar-refractivity contribution in [3.63, 3.8) is 0 Å². The Morgan fingerprint density at radius 2 is 0.658 bits per heavy atom. The Morgan fingerprint density at radius 3 is 1.00 bits per heavy atom. The first kappa shape index (κ1) is 39.7. The number of fused-ring (bicyclic) bond motifs is 15. The molecule has 0 atom stereocenters. The van der Waals surface area contributed by atoms with E-state index in [0.717, 1.165) is 138 Å². The number of benzene rings is 10. The number of nitriles is 1. The van der Waals surface area contributed by atoms with Crippen molar-refractivity contribution in [3.05, 3.63) is 236 Å². The molecule has 0 amide bonds. The monoisotopic (exact) mass is 930 g/mol. The minimum absolute atomic E-state index is 0.518. The highest BCUT2D eigenvalue weighted by molar-refractivity contribution is 6.17. The highest BCUT2D eigenvalue weighted by Gasteiger charge is 2.35. The topological polar surface area (TPSA) is 69.5 Å². The molecule has 7 heteroatoms. The van der Waals surface area contributed by atoms with Gasteiger partial charge in [0.25, 0.3) is 0 Å². The van der Waals surface area contributed by atoms with Crippen LogP contribution in [0.25, 0.3) is 143 Å². The van der Waals surface area contributed by atoms with Crippen LogP contribution < -0.4 is 0 Å². The Kier molecular flexibility index (Phi) is 8.11. The standard InChI is InChI=1S/C66H38N6O/c67-39-50-63(69-51-26-9-1-18-41(51)42-19-2-10-27-52(42)69)65(71-55-30-13-5-22-45(55)46-23-6-14-31-56(46)71)61(40-35-36-49-60(38-40)73-59-34-17-37-68-62(49)59)66(72-57-32-15-7-24-47(57)48-25-8-16-33-58(48)72)64(50)70-53-28-11-3-20-43(53)44-21-4-12-29-54(44)70/h1-38H. The minimum Gasteiger partial charge on any atom is -0.454 e. The molecule has 0 aliphatic carbocycles. The van der Waals surface area contributed by atoms with Gasteiger partial charge in [0.2, 0.25) is 0 Å². The lowest BCUT2D eigenvalue weighted by molar-refractivity contribution is 0.668. The first-order valence-corrected chi connectivity index (χ1v) is 24.6. The molecule has 6 heterocycles. The molecular weight excluding hydrogens is 893 g/mol. The molecule has 0 radical (unpaired) electrons. The smallest absolute Gasteiger partial charge is 0.153 e. The van der Waals surface area contributed by atoms with Gasteiger partial charge in [-0.15, -0.1) is 0 Å². The van der Waals surface area contributed by atoms with Crippen molar-refractivity contribution in [3.8, 4) is 39.9 Å². The molecule has 6 aromatic heterocycles. The van der Waals surface area contributed by atoms with E-state index in [0.29, 0.717) is 11.1 Å². The Balaban J connectivity index is 1.27. The fraction of sp³-hybridized carbons (Fsp3) is 0. The van der Waals surface area contributed by atoms with Crippen molar-refractivity contribution < 1.29 is 4.42 Å². The molecule has 16 aromatic rings. The Labute approximate surface area is 416 Å². The maximum atomic E-state index is 12.7. The van der Waals surface area contributed by atoms with Gasteiger partial charge in [-0.2, -0.15) is 5.26 Å². The Morgan fingerprint density at radius 1 is 0.329 bits per heavy atom. The highest BCUT2D eigenvalue weighted by atomic mass is 16.3. The average molecular weight is 931 g/mol. The molecule has 0 saturated carbocycles. The highest BCUT2D eigenvalue weighted by Crippen LogP contribution is 2.52. The van der Waals surface area contributed by atoms with Crippen LogP contribution in [0.3, 0.4) is 0 Å². The van der Waals surface area contributed by atoms with Crippen molar-refractivity contribution in [1.82, 2.24) is 23.3 Å². The fourth-order valence-corrected chi connectivity index (χ4v) is 12.4. The largest absolute Gasteiger partial charge is 0.454 e. The number of rotatable bonds is 5. The maximum Gasteiger partial charge on any atom is 0.153 e. The third-order valence-corrected chi connectivity index (χ3v) is 15.2. The molecule has 16 rings (SSSR count). The lowest BCUT2D eigenvalue weighted by Gasteiger charge is -2.29. The molecule has 73 heavy (non-hydrogen) atoms. The molecule has 10 aromatic carbocycles. The van der Waals surface area contributed by atoms with Gasteiger partial charge in [-0.1, -0.05) is 152 Å². The zero-order chi connectivity index (χ0) is 47.9. The van der Waals surface area contributed by atoms with Crippen molar-refractivity contribution in [2.24, 2.45) is 0 Å². The van der Waals surface area contributed by atoms with E-state index >= 15 is 0 Å². The molecule has 0 N–H and O–H groups in total. The predicted octanol–water partition coefficient (Wildman–Crippen LogP) is 16.9. The summed E-state index contributed by atoms with van der Waals surface area (Å²) in [6, 6.07) is 82.6. The molecule has 0 fully saturated rings. The quantitative estimate of drug-likeness (QED) is 0.173. The van der Waals surface area contributed by atoms with Gasteiger partial charge in [-0.25, -0.2) is 0 Å². The molecule has 0 aliphatic rings. The van der Waals surface area contributed by atoms with E-state index in [-0.39, 0.29) is 0 Å². The van der Waals surface area contributed by atoms with Gasteiger partial charge in [0, 0.05) is 60.2 Å². The molecule has 0 unspecified atom stereocenters. The zero-order valence-corrected chi connectivity index (χ0v) is 39.0. The third kappa shape index (κ3) is 5.33. The van der Waals surface area contributed by atoms with Crippen LogP contribution in [0, 0.1) is 11.3 Å². The van der Waals surface area contributed by atoms with Crippen molar-refractivity contribution in [1.29, 1.82) is 5.26 Å². The number of aromatic nitrogens is 5. The van der Waals surface area contributed by atoms with E-state index in [2.05, 4.69) is 237 Å². The van der Waals surface area contributed by atoms with Gasteiger partial charge in [-0.3, -0.25) is 4.98 Å². The molecule has 0 saturated heterocycles. The molecule has 0 spiro atoms. The summed E-state index contributed by atoms with van der Waals surface area (Å²) < 4.78 is 16.4. The summed E-state index contributed by atoms with van der Waals surface area (Å²) in [4.78, 5) is 4.81. The zero-order valence-electron chi connectivity index (χ0n) is 39.0. The predicted molar refractivity (Wildman–Crippen MR) is 299 cm³/mol. The van der Waals surface area contributed by atoms with Crippen LogP contribution in [0.4, 0.5) is 0 Å². The van der Waals surface area contributed by atoms with Gasteiger partial charge in [0.1, 0.15) is 22.7 Å². The van der Waals surface area contributed by atoms with Gasteiger partial charge in [0.15, 0.2) is 5.58 Å². The first-order valence-electron chi connectivity index (χ1n) is 24.6. The fourth-order valence-electron chi connectivity index (χ4n) is 12.4. The van der Waals surface area contributed by atoms with Crippen LogP contribution in [0.15, 0.2) is 235 Å². The van der Waals surface area contributed by atoms with Gasteiger partial charge in [0.05, 0.1) is 66.9 Å². The van der Waals surface area contributed by atoms with Crippen molar-refractivity contribution in [2.45, 2.75) is 0 Å². The summed E-state index contributed by atoms with van der Waals surface area (Å²) in [5, 5.41) is 22.5. The summed E-state index contributed by atoms with van der Waals surface area (Å²) in [5.41, 5.74) is 15.9. The molecule has 7 nitrogen and oxygen atoms in total. The minimum atomic E-state index is 0.518. The van der Waals surface area contributed by atoms with Crippen LogP contribution in [-0.4, -0.2) is 23.3 Å². The maximum absolute atomic E-state index is 12.7. The second-order valence-corrected chi connectivity index (χ2v) is 18.9. The van der Waals surface area contributed by atoms with Gasteiger partial charge < -0.3 is 22.7 Å². The van der Waals surface area contributed by atoms with E-state index in [4.69, 9.17) is 9.40 Å². The molecular formula is C66H38N6O. The van der Waals surface area contributed by atoms with Gasteiger partial charge in [-0.05, 0) is 78.4 Å². The van der Waals surface area contributed by atoms with Crippen molar-refractivity contribution in [2.75, 3.05) is 0 Å². The van der Waals surface area contributed by atoms with E-state index < -0.39 is 0 Å². The van der Waals surface area contributed by atoms with Crippen LogP contribution in [0.5, 0.6) is 0 Å². The summed E-state index contributed by atoms with van der Waals surface area (Å²) >= 11 is 0. The number of hydrogen-bond acceptors (Lipinski definition) is 3. The lowest BCUT2D eigenvalue weighted by Crippen LogP contribution is -2.16. The summed E-state index contributed by atoms with van der Waals surface area (Å²) in [6.45, 7) is 0. The lowest BCUT2D eigenvalue weighted by atomic mass is 9.93. The Hall–Kier alpha value is -10.2. The normalized spacial score (nSPS) is 12.1. The molecule has 0 aliphatic heterocycles. The Bertz CT molecular complexity index is 4600. The first-order chi connectivity index (χ1) is 36.2. The van der Waals surface area contributed by atoms with E-state index in [1.165, 1.54) is 0 Å². The number of para-hydroxylation sites is 8. The average Bonchev–Trinajstić information content (AvgIpc) is 4.29. The van der Waals surface area contributed by atoms with Crippen LogP contribution in [-0.2, 0) is 0 Å². The van der Waals surface area contributed by atoms with Crippen LogP contribution in [0.2, 0.25) is 0 Å².